The molecule has 0 spiro atoms. The SMILES string of the molecule is NC[C@H](O)CNCCc1ccccc1. The van der Waals surface area contributed by atoms with E-state index in [-0.39, 0.29) is 0 Å². The van der Waals surface area contributed by atoms with Gasteiger partial charge < -0.3 is 16.2 Å². The van der Waals surface area contributed by atoms with Gasteiger partial charge in [-0.3, -0.25) is 0 Å². The van der Waals surface area contributed by atoms with Gasteiger partial charge >= 0.3 is 0 Å². The Labute approximate surface area is 84.9 Å². The zero-order chi connectivity index (χ0) is 10.2. The van der Waals surface area contributed by atoms with Crippen LogP contribution in [0.3, 0.4) is 0 Å². The maximum Gasteiger partial charge on any atom is 0.0786 e. The fourth-order valence-corrected chi connectivity index (χ4v) is 1.23. The molecule has 0 saturated carbocycles. The molecule has 0 saturated heterocycles. The van der Waals surface area contributed by atoms with Gasteiger partial charge in [0.25, 0.3) is 0 Å². The maximum absolute atomic E-state index is 9.17. The summed E-state index contributed by atoms with van der Waals surface area (Å²) in [6.07, 6.45) is 0.559. The molecule has 0 unspecified atom stereocenters. The van der Waals surface area contributed by atoms with E-state index < -0.39 is 6.10 Å². The zero-order valence-electron chi connectivity index (χ0n) is 8.32. The second-order valence-electron chi connectivity index (χ2n) is 3.33. The highest BCUT2D eigenvalue weighted by Crippen LogP contribution is 1.97. The van der Waals surface area contributed by atoms with Gasteiger partial charge in [-0.05, 0) is 18.5 Å². The molecule has 1 atom stereocenters. The van der Waals surface area contributed by atoms with Crippen LogP contribution in [0.25, 0.3) is 0 Å². The van der Waals surface area contributed by atoms with E-state index in [1.165, 1.54) is 5.56 Å². The molecule has 0 aliphatic rings. The molecule has 1 aromatic rings. The number of rotatable bonds is 6. The number of nitrogens with one attached hydrogen (secondary N) is 1. The second kappa shape index (κ2) is 6.54. The van der Waals surface area contributed by atoms with Gasteiger partial charge in [0.15, 0.2) is 0 Å². The quantitative estimate of drug-likeness (QED) is 0.564. The molecule has 3 heteroatoms. The van der Waals surface area contributed by atoms with Crippen LogP contribution in [0, 0.1) is 0 Å². The zero-order valence-corrected chi connectivity index (χ0v) is 8.32. The highest BCUT2D eigenvalue weighted by Gasteiger charge is 1.98. The Morgan fingerprint density at radius 1 is 1.29 bits per heavy atom. The molecule has 0 aliphatic heterocycles. The highest BCUT2D eigenvalue weighted by atomic mass is 16.3. The molecule has 78 valence electrons. The van der Waals surface area contributed by atoms with Crippen molar-refractivity contribution >= 4 is 0 Å². The summed E-state index contributed by atoms with van der Waals surface area (Å²) in [6, 6.07) is 10.3. The number of benzene rings is 1. The van der Waals surface area contributed by atoms with Gasteiger partial charge in [0.1, 0.15) is 0 Å². The lowest BCUT2D eigenvalue weighted by Crippen LogP contribution is -2.33. The number of aliphatic hydroxyl groups is 1. The third-order valence-corrected chi connectivity index (χ3v) is 2.09. The van der Waals surface area contributed by atoms with E-state index >= 15 is 0 Å². The third-order valence-electron chi connectivity index (χ3n) is 2.09. The van der Waals surface area contributed by atoms with Crippen LogP contribution in [0.15, 0.2) is 30.3 Å². The van der Waals surface area contributed by atoms with Crippen molar-refractivity contribution in [2.45, 2.75) is 12.5 Å². The van der Waals surface area contributed by atoms with Crippen molar-refractivity contribution in [2.75, 3.05) is 19.6 Å². The van der Waals surface area contributed by atoms with E-state index in [1.54, 1.807) is 0 Å². The monoisotopic (exact) mass is 194 g/mol. The second-order valence-corrected chi connectivity index (χ2v) is 3.33. The molecule has 0 bridgehead atoms. The molecule has 1 aromatic carbocycles. The van der Waals surface area contributed by atoms with Gasteiger partial charge in [0.2, 0.25) is 0 Å². The lowest BCUT2D eigenvalue weighted by Gasteiger charge is -2.08. The van der Waals surface area contributed by atoms with Crippen molar-refractivity contribution in [1.82, 2.24) is 5.32 Å². The lowest BCUT2D eigenvalue weighted by atomic mass is 10.1. The highest BCUT2D eigenvalue weighted by molar-refractivity contribution is 5.14. The standard InChI is InChI=1S/C11H18N2O/c12-8-11(14)9-13-7-6-10-4-2-1-3-5-10/h1-5,11,13-14H,6-9,12H2/t11-/m0/s1. The first-order valence-corrected chi connectivity index (χ1v) is 4.95. The fourth-order valence-electron chi connectivity index (χ4n) is 1.23. The van der Waals surface area contributed by atoms with E-state index in [9.17, 15) is 0 Å². The number of nitrogens with two attached hydrogens (primary N) is 1. The normalized spacial score (nSPS) is 12.7. The first-order chi connectivity index (χ1) is 6.83. The minimum atomic E-state index is -0.425. The Bertz CT molecular complexity index is 238. The summed E-state index contributed by atoms with van der Waals surface area (Å²) in [5, 5.41) is 12.3. The topological polar surface area (TPSA) is 58.3 Å². The smallest absolute Gasteiger partial charge is 0.0786 e. The van der Waals surface area contributed by atoms with Crippen LogP contribution in [-0.4, -0.2) is 30.8 Å². The van der Waals surface area contributed by atoms with Crippen molar-refractivity contribution in [3.8, 4) is 0 Å². The van der Waals surface area contributed by atoms with Crippen LogP contribution < -0.4 is 11.1 Å². The first-order valence-electron chi connectivity index (χ1n) is 4.95. The molecule has 1 rings (SSSR count). The molecular formula is C11H18N2O. The van der Waals surface area contributed by atoms with Gasteiger partial charge in [-0.15, -0.1) is 0 Å². The van der Waals surface area contributed by atoms with Crippen molar-refractivity contribution in [1.29, 1.82) is 0 Å². The first kappa shape index (κ1) is 11.2. The molecule has 14 heavy (non-hydrogen) atoms. The fraction of sp³-hybridized carbons (Fsp3) is 0.455. The molecule has 3 nitrogen and oxygen atoms in total. The summed E-state index contributed by atoms with van der Waals surface area (Å²) >= 11 is 0. The van der Waals surface area contributed by atoms with Crippen LogP contribution >= 0.6 is 0 Å². The summed E-state index contributed by atoms with van der Waals surface area (Å²) in [5.74, 6) is 0. The Kier molecular flexibility index (Phi) is 5.22. The van der Waals surface area contributed by atoms with Crippen LogP contribution in [0.4, 0.5) is 0 Å². The van der Waals surface area contributed by atoms with Crippen LogP contribution in [0.2, 0.25) is 0 Å². The van der Waals surface area contributed by atoms with Crippen molar-refractivity contribution in [2.24, 2.45) is 5.73 Å². The van der Waals surface area contributed by atoms with Gasteiger partial charge in [-0.2, -0.15) is 0 Å². The molecule has 0 radical (unpaired) electrons. The van der Waals surface area contributed by atoms with Gasteiger partial charge in [0, 0.05) is 13.1 Å². The molecule has 0 amide bonds. The Hall–Kier alpha value is -0.900. The van der Waals surface area contributed by atoms with Gasteiger partial charge in [0.05, 0.1) is 6.10 Å². The van der Waals surface area contributed by atoms with Gasteiger partial charge in [-0.25, -0.2) is 0 Å². The van der Waals surface area contributed by atoms with E-state index in [4.69, 9.17) is 10.8 Å². The summed E-state index contributed by atoms with van der Waals surface area (Å²) in [4.78, 5) is 0. The summed E-state index contributed by atoms with van der Waals surface area (Å²) in [6.45, 7) is 1.77. The van der Waals surface area contributed by atoms with Crippen LogP contribution in [0.5, 0.6) is 0 Å². The molecular weight excluding hydrogens is 176 g/mol. The number of hydrogen-bond acceptors (Lipinski definition) is 3. The average molecular weight is 194 g/mol. The largest absolute Gasteiger partial charge is 0.390 e. The summed E-state index contributed by atoms with van der Waals surface area (Å²) in [7, 11) is 0. The Morgan fingerprint density at radius 3 is 2.64 bits per heavy atom. The predicted molar refractivity (Wildman–Crippen MR) is 58.1 cm³/mol. The molecule has 0 aromatic heterocycles. The molecule has 0 heterocycles. The van der Waals surface area contributed by atoms with Crippen LogP contribution in [0.1, 0.15) is 5.56 Å². The van der Waals surface area contributed by atoms with Crippen molar-refractivity contribution in [3.63, 3.8) is 0 Å². The number of aliphatic hydroxyl groups excluding tert-OH is 1. The molecule has 4 N–H and O–H groups in total. The Balaban J connectivity index is 2.10. The average Bonchev–Trinajstić information content (AvgIpc) is 2.25. The lowest BCUT2D eigenvalue weighted by molar-refractivity contribution is 0.180. The predicted octanol–water partition coefficient (Wildman–Crippen LogP) is 0.138. The third kappa shape index (κ3) is 4.37. The van der Waals surface area contributed by atoms with Gasteiger partial charge in [-0.1, -0.05) is 30.3 Å². The number of hydrogen-bond donors (Lipinski definition) is 3. The maximum atomic E-state index is 9.17. The summed E-state index contributed by atoms with van der Waals surface area (Å²) in [5.41, 5.74) is 6.58. The minimum Gasteiger partial charge on any atom is -0.390 e. The molecule has 0 fully saturated rings. The van der Waals surface area contributed by atoms with Crippen molar-refractivity contribution in [3.05, 3.63) is 35.9 Å². The minimum absolute atomic E-state index is 0.318. The van der Waals surface area contributed by atoms with E-state index in [1.807, 2.05) is 18.2 Å². The summed E-state index contributed by atoms with van der Waals surface area (Å²) < 4.78 is 0. The van der Waals surface area contributed by atoms with E-state index in [0.717, 1.165) is 13.0 Å². The molecule has 0 aliphatic carbocycles. The van der Waals surface area contributed by atoms with Crippen molar-refractivity contribution < 1.29 is 5.11 Å². The Morgan fingerprint density at radius 2 is 2.00 bits per heavy atom. The van der Waals surface area contributed by atoms with E-state index in [0.29, 0.717) is 13.1 Å². The van der Waals surface area contributed by atoms with E-state index in [2.05, 4.69) is 17.4 Å². The van der Waals surface area contributed by atoms with Crippen LogP contribution in [-0.2, 0) is 6.42 Å².